The molecule has 2 N–H and O–H groups in total. The van der Waals surface area contributed by atoms with E-state index >= 15 is 0 Å². The average molecular weight is 296 g/mol. The third-order valence-electron chi connectivity index (χ3n) is 2.43. The highest BCUT2D eigenvalue weighted by Crippen LogP contribution is 2.09. The Hall–Kier alpha value is -0.730. The monoisotopic (exact) mass is 296 g/mol. The summed E-state index contributed by atoms with van der Waals surface area (Å²) in [7, 11) is -2.05. The first-order valence-electron chi connectivity index (χ1n) is 5.60. The summed E-state index contributed by atoms with van der Waals surface area (Å²) in [4.78, 5) is 11.4. The van der Waals surface area contributed by atoms with Gasteiger partial charge in [-0.05, 0) is 13.8 Å². The molecule has 0 aromatic heterocycles. The maximum Gasteiger partial charge on any atom is 0.306 e. The number of sulfonamides is 1. The van der Waals surface area contributed by atoms with Crippen LogP contribution in [0, 0.1) is 0 Å². The summed E-state index contributed by atoms with van der Waals surface area (Å²) >= 11 is 4.74. The van der Waals surface area contributed by atoms with Crippen LogP contribution in [0.2, 0.25) is 0 Å². The molecule has 0 bridgehead atoms. The number of ether oxygens (including phenoxy) is 1. The summed E-state index contributed by atoms with van der Waals surface area (Å²) in [6, 6.07) is -0.324. The molecule has 1 atom stereocenters. The Balaban J connectivity index is 4.44. The van der Waals surface area contributed by atoms with Crippen molar-refractivity contribution in [1.82, 2.24) is 4.31 Å². The molecule has 0 aliphatic rings. The lowest BCUT2D eigenvalue weighted by Crippen LogP contribution is -2.39. The molecule has 106 valence electrons. The highest BCUT2D eigenvalue weighted by molar-refractivity contribution is 7.89. The van der Waals surface area contributed by atoms with Crippen molar-refractivity contribution < 1.29 is 17.9 Å². The zero-order valence-electron chi connectivity index (χ0n) is 10.9. The van der Waals surface area contributed by atoms with Crippen molar-refractivity contribution in [3.05, 3.63) is 0 Å². The van der Waals surface area contributed by atoms with Crippen LogP contribution in [-0.4, -0.2) is 49.1 Å². The minimum atomic E-state index is -3.50. The fourth-order valence-corrected chi connectivity index (χ4v) is 2.86. The van der Waals surface area contributed by atoms with Crippen molar-refractivity contribution in [2.24, 2.45) is 5.73 Å². The molecule has 1 unspecified atom stereocenters. The lowest BCUT2D eigenvalue weighted by molar-refractivity contribution is -0.142. The van der Waals surface area contributed by atoms with Gasteiger partial charge in [0.2, 0.25) is 10.0 Å². The van der Waals surface area contributed by atoms with E-state index in [1.165, 1.54) is 11.4 Å². The first kappa shape index (κ1) is 17.3. The van der Waals surface area contributed by atoms with Gasteiger partial charge in [0.15, 0.2) is 0 Å². The van der Waals surface area contributed by atoms with Gasteiger partial charge in [-0.1, -0.05) is 12.2 Å². The molecule has 0 saturated heterocycles. The van der Waals surface area contributed by atoms with E-state index in [1.807, 2.05) is 0 Å². The second-order valence-corrected chi connectivity index (χ2v) is 6.58. The minimum Gasteiger partial charge on any atom is -0.466 e. The van der Waals surface area contributed by atoms with E-state index in [9.17, 15) is 13.2 Å². The van der Waals surface area contributed by atoms with E-state index in [-0.39, 0.29) is 29.8 Å². The van der Waals surface area contributed by atoms with Crippen LogP contribution in [0.1, 0.15) is 26.7 Å². The molecule has 0 aliphatic heterocycles. The lowest BCUT2D eigenvalue weighted by Gasteiger charge is -2.23. The van der Waals surface area contributed by atoms with Gasteiger partial charge in [0.1, 0.15) is 0 Å². The topological polar surface area (TPSA) is 89.7 Å². The predicted octanol–water partition coefficient (Wildman–Crippen LogP) is 0.266. The Morgan fingerprint density at radius 2 is 2.06 bits per heavy atom. The normalized spacial score (nSPS) is 13.3. The fourth-order valence-electron chi connectivity index (χ4n) is 1.28. The van der Waals surface area contributed by atoms with E-state index in [0.717, 1.165) is 0 Å². The van der Waals surface area contributed by atoms with Crippen LogP contribution in [0.15, 0.2) is 0 Å². The third-order valence-corrected chi connectivity index (χ3v) is 4.55. The van der Waals surface area contributed by atoms with Crippen LogP contribution < -0.4 is 5.73 Å². The standard InChI is InChI=1S/C10H20N2O4S2/c1-4-16-10(13)5-6-18(14,15)12(3)8(2)7-9(11)17/h8H,4-7H2,1-3H3,(H2,11,17). The van der Waals surface area contributed by atoms with E-state index < -0.39 is 16.0 Å². The van der Waals surface area contributed by atoms with Gasteiger partial charge in [0, 0.05) is 19.5 Å². The molecular weight excluding hydrogens is 276 g/mol. The van der Waals surface area contributed by atoms with Gasteiger partial charge in [-0.3, -0.25) is 4.79 Å². The first-order valence-corrected chi connectivity index (χ1v) is 7.62. The lowest BCUT2D eigenvalue weighted by atomic mass is 10.2. The van der Waals surface area contributed by atoms with Gasteiger partial charge in [-0.25, -0.2) is 12.7 Å². The van der Waals surface area contributed by atoms with E-state index in [0.29, 0.717) is 6.42 Å². The van der Waals surface area contributed by atoms with Crippen molar-refractivity contribution in [3.63, 3.8) is 0 Å². The summed E-state index contributed by atoms with van der Waals surface area (Å²) < 4.78 is 29.7. The van der Waals surface area contributed by atoms with Gasteiger partial charge in [0.25, 0.3) is 0 Å². The number of thiocarbonyl (C=S) groups is 1. The number of hydrogen-bond donors (Lipinski definition) is 1. The summed E-state index contributed by atoms with van der Waals surface area (Å²) in [6.45, 7) is 3.62. The zero-order valence-corrected chi connectivity index (χ0v) is 12.5. The fraction of sp³-hybridized carbons (Fsp3) is 0.800. The number of carbonyl (C=O) groups is 1. The summed E-state index contributed by atoms with van der Waals surface area (Å²) in [5, 5.41) is 0. The Bertz CT molecular complexity index is 395. The molecule has 0 aromatic rings. The van der Waals surface area contributed by atoms with Crippen molar-refractivity contribution in [2.75, 3.05) is 19.4 Å². The Labute approximate surface area is 114 Å². The number of nitrogens with zero attached hydrogens (tertiary/aromatic N) is 1. The predicted molar refractivity (Wildman–Crippen MR) is 73.7 cm³/mol. The molecule has 0 radical (unpaired) electrons. The van der Waals surface area contributed by atoms with Crippen LogP contribution in [0.5, 0.6) is 0 Å². The van der Waals surface area contributed by atoms with Gasteiger partial charge in [-0.15, -0.1) is 0 Å². The second kappa shape index (κ2) is 7.65. The van der Waals surface area contributed by atoms with Crippen LogP contribution in [-0.2, 0) is 19.6 Å². The van der Waals surface area contributed by atoms with E-state index in [1.54, 1.807) is 13.8 Å². The largest absolute Gasteiger partial charge is 0.466 e. The average Bonchev–Trinajstić information content (AvgIpc) is 2.25. The Morgan fingerprint density at radius 1 is 1.50 bits per heavy atom. The number of nitrogens with two attached hydrogens (primary N) is 1. The molecule has 8 heteroatoms. The van der Waals surface area contributed by atoms with Gasteiger partial charge < -0.3 is 10.5 Å². The minimum absolute atomic E-state index is 0.152. The molecule has 18 heavy (non-hydrogen) atoms. The van der Waals surface area contributed by atoms with Crippen molar-refractivity contribution in [1.29, 1.82) is 0 Å². The highest BCUT2D eigenvalue weighted by atomic mass is 32.2. The maximum absolute atomic E-state index is 11.9. The van der Waals surface area contributed by atoms with Crippen LogP contribution in [0.4, 0.5) is 0 Å². The van der Waals surface area contributed by atoms with Gasteiger partial charge in [-0.2, -0.15) is 0 Å². The SMILES string of the molecule is CCOC(=O)CCS(=O)(=O)N(C)C(C)CC(N)=S. The number of rotatable bonds is 8. The van der Waals surface area contributed by atoms with Gasteiger partial charge in [0.05, 0.1) is 23.8 Å². The van der Waals surface area contributed by atoms with Crippen LogP contribution in [0.25, 0.3) is 0 Å². The maximum atomic E-state index is 11.9. The summed E-state index contributed by atoms with van der Waals surface area (Å²) in [5.74, 6) is -0.791. The number of carbonyl (C=O) groups excluding carboxylic acids is 1. The molecule has 0 rings (SSSR count). The quantitative estimate of drug-likeness (QED) is 0.511. The molecule has 0 fully saturated rings. The Kier molecular flexibility index (Phi) is 7.34. The summed E-state index contributed by atoms with van der Waals surface area (Å²) in [6.07, 6.45) is 0.158. The van der Waals surface area contributed by atoms with Gasteiger partial charge >= 0.3 is 5.97 Å². The molecule has 6 nitrogen and oxygen atoms in total. The van der Waals surface area contributed by atoms with Crippen molar-refractivity contribution in [2.45, 2.75) is 32.7 Å². The first-order chi connectivity index (χ1) is 8.20. The second-order valence-electron chi connectivity index (χ2n) is 3.91. The van der Waals surface area contributed by atoms with Crippen molar-refractivity contribution >= 4 is 33.2 Å². The number of hydrogen-bond acceptors (Lipinski definition) is 5. The van der Waals surface area contributed by atoms with E-state index in [2.05, 4.69) is 4.74 Å². The zero-order chi connectivity index (χ0) is 14.3. The number of esters is 1. The van der Waals surface area contributed by atoms with Crippen LogP contribution >= 0.6 is 12.2 Å². The van der Waals surface area contributed by atoms with Crippen molar-refractivity contribution in [3.8, 4) is 0 Å². The Morgan fingerprint density at radius 3 is 2.50 bits per heavy atom. The van der Waals surface area contributed by atoms with E-state index in [4.69, 9.17) is 18.0 Å². The third kappa shape index (κ3) is 6.27. The molecule has 0 saturated carbocycles. The molecule has 0 aromatic carbocycles. The summed E-state index contributed by atoms with van der Waals surface area (Å²) in [5.41, 5.74) is 5.37. The smallest absolute Gasteiger partial charge is 0.306 e. The molecule has 0 amide bonds. The van der Waals surface area contributed by atoms with Crippen LogP contribution in [0.3, 0.4) is 0 Å². The highest BCUT2D eigenvalue weighted by Gasteiger charge is 2.24. The molecule has 0 aliphatic carbocycles. The molecule has 0 spiro atoms. The molecule has 0 heterocycles. The molecular formula is C10H20N2O4S2.